The van der Waals surface area contributed by atoms with Crippen LogP contribution in [-0.4, -0.2) is 45.7 Å². The van der Waals surface area contributed by atoms with E-state index in [0.29, 0.717) is 12.2 Å². The number of aliphatic hydroxyl groups excluding tert-OH is 1. The Morgan fingerprint density at radius 2 is 2.35 bits per heavy atom. The van der Waals surface area contributed by atoms with Crippen LogP contribution in [0.4, 0.5) is 14.9 Å². The Morgan fingerprint density at radius 3 is 2.95 bits per heavy atom. The van der Waals surface area contributed by atoms with Gasteiger partial charge in [-0.05, 0) is 31.0 Å². The topological polar surface area (TPSA) is 69.6 Å². The molecule has 0 spiro atoms. The first-order chi connectivity index (χ1) is 9.52. The Morgan fingerprint density at radius 1 is 1.60 bits per heavy atom. The molecule has 1 aliphatic heterocycles. The van der Waals surface area contributed by atoms with Crippen LogP contribution in [0.25, 0.3) is 0 Å². The van der Waals surface area contributed by atoms with E-state index in [2.05, 4.69) is 5.32 Å². The first kappa shape index (κ1) is 14.9. The highest BCUT2D eigenvalue weighted by Crippen LogP contribution is 2.20. The van der Waals surface area contributed by atoms with Crippen molar-refractivity contribution >= 4 is 22.5 Å². The molecular formula is C13H17FN2O3S. The van der Waals surface area contributed by atoms with E-state index in [9.17, 15) is 18.5 Å². The van der Waals surface area contributed by atoms with Gasteiger partial charge in [-0.15, -0.1) is 0 Å². The van der Waals surface area contributed by atoms with Gasteiger partial charge in [-0.1, -0.05) is 0 Å². The third kappa shape index (κ3) is 3.16. The molecule has 1 aromatic carbocycles. The molecule has 1 aliphatic rings. The first-order valence-electron chi connectivity index (χ1n) is 6.34. The van der Waals surface area contributed by atoms with Crippen molar-refractivity contribution in [3.63, 3.8) is 0 Å². The molecule has 20 heavy (non-hydrogen) atoms. The van der Waals surface area contributed by atoms with Gasteiger partial charge in [-0.3, -0.25) is 4.21 Å². The maximum Gasteiger partial charge on any atom is 0.322 e. The van der Waals surface area contributed by atoms with Crippen molar-refractivity contribution in [1.29, 1.82) is 0 Å². The standard InChI is InChI=1S/C13H17FN2O3S/c1-20(19)12-5-4-9(7-11(12)14)15-13(18)16-6-2-3-10(16)8-17/h4-5,7,10,17H,2-3,6,8H2,1H3,(H,15,18)/t10-,20-/m1/s1. The summed E-state index contributed by atoms with van der Waals surface area (Å²) in [7, 11) is -1.40. The number of anilines is 1. The number of nitrogens with one attached hydrogen (secondary N) is 1. The lowest BCUT2D eigenvalue weighted by Gasteiger charge is -2.23. The number of aliphatic hydroxyl groups is 1. The van der Waals surface area contributed by atoms with Crippen molar-refractivity contribution in [3.8, 4) is 0 Å². The zero-order valence-corrected chi connectivity index (χ0v) is 12.0. The van der Waals surface area contributed by atoms with E-state index in [1.165, 1.54) is 18.4 Å². The van der Waals surface area contributed by atoms with E-state index in [1.54, 1.807) is 4.90 Å². The van der Waals surface area contributed by atoms with E-state index in [1.807, 2.05) is 0 Å². The normalized spacial score (nSPS) is 19.9. The quantitative estimate of drug-likeness (QED) is 0.890. The number of hydrogen-bond acceptors (Lipinski definition) is 3. The molecule has 5 nitrogen and oxygen atoms in total. The Kier molecular flexibility index (Phi) is 4.72. The maximum atomic E-state index is 13.7. The van der Waals surface area contributed by atoms with Crippen LogP contribution in [0.1, 0.15) is 12.8 Å². The van der Waals surface area contributed by atoms with Gasteiger partial charge in [0.15, 0.2) is 0 Å². The minimum atomic E-state index is -1.40. The van der Waals surface area contributed by atoms with Gasteiger partial charge in [0.25, 0.3) is 0 Å². The number of carbonyl (C=O) groups excluding carboxylic acids is 1. The zero-order chi connectivity index (χ0) is 14.7. The number of hydrogen-bond donors (Lipinski definition) is 2. The van der Waals surface area contributed by atoms with Gasteiger partial charge in [0, 0.05) is 18.5 Å². The second-order valence-corrected chi connectivity index (χ2v) is 6.05. The van der Waals surface area contributed by atoms with Crippen LogP contribution >= 0.6 is 0 Å². The molecule has 0 saturated carbocycles. The Balaban J connectivity index is 2.08. The Bertz CT molecular complexity index is 538. The number of likely N-dealkylation sites (tertiary alicyclic amines) is 1. The fraction of sp³-hybridized carbons (Fsp3) is 0.462. The summed E-state index contributed by atoms with van der Waals surface area (Å²) < 4.78 is 24.9. The third-order valence-electron chi connectivity index (χ3n) is 3.34. The second-order valence-electron chi connectivity index (χ2n) is 4.70. The van der Waals surface area contributed by atoms with Crippen LogP contribution in [0.3, 0.4) is 0 Å². The molecule has 2 amide bonds. The lowest BCUT2D eigenvalue weighted by Crippen LogP contribution is -2.40. The van der Waals surface area contributed by atoms with E-state index >= 15 is 0 Å². The van der Waals surface area contributed by atoms with Gasteiger partial charge in [0.2, 0.25) is 0 Å². The number of nitrogens with zero attached hydrogens (tertiary/aromatic N) is 1. The average molecular weight is 300 g/mol. The largest absolute Gasteiger partial charge is 0.394 e. The second kappa shape index (κ2) is 6.32. The summed E-state index contributed by atoms with van der Waals surface area (Å²) in [5, 5.41) is 11.8. The highest BCUT2D eigenvalue weighted by atomic mass is 32.2. The van der Waals surface area contributed by atoms with Crippen molar-refractivity contribution in [3.05, 3.63) is 24.0 Å². The molecule has 0 aromatic heterocycles. The van der Waals surface area contributed by atoms with Crippen molar-refractivity contribution in [2.24, 2.45) is 0 Å². The summed E-state index contributed by atoms with van der Waals surface area (Å²) >= 11 is 0. The number of benzene rings is 1. The molecule has 1 saturated heterocycles. The fourth-order valence-electron chi connectivity index (χ4n) is 2.30. The third-order valence-corrected chi connectivity index (χ3v) is 4.29. The Labute approximate surface area is 119 Å². The van der Waals surface area contributed by atoms with Crippen molar-refractivity contribution in [2.45, 2.75) is 23.8 Å². The van der Waals surface area contributed by atoms with Gasteiger partial charge in [0.1, 0.15) is 5.82 Å². The zero-order valence-electron chi connectivity index (χ0n) is 11.1. The lowest BCUT2D eigenvalue weighted by molar-refractivity contribution is 0.166. The molecule has 2 rings (SSSR count). The number of urea groups is 1. The van der Waals surface area contributed by atoms with Crippen LogP contribution in [-0.2, 0) is 10.8 Å². The van der Waals surface area contributed by atoms with E-state index in [-0.39, 0.29) is 23.6 Å². The van der Waals surface area contributed by atoms with E-state index in [0.717, 1.165) is 18.9 Å². The van der Waals surface area contributed by atoms with Gasteiger partial charge in [-0.2, -0.15) is 0 Å². The highest BCUT2D eigenvalue weighted by Gasteiger charge is 2.28. The monoisotopic (exact) mass is 300 g/mol. The number of halogens is 1. The molecule has 2 N–H and O–H groups in total. The maximum absolute atomic E-state index is 13.7. The molecule has 1 heterocycles. The van der Waals surface area contributed by atoms with Gasteiger partial charge in [0.05, 0.1) is 28.3 Å². The average Bonchev–Trinajstić information content (AvgIpc) is 2.86. The predicted molar refractivity (Wildman–Crippen MR) is 74.6 cm³/mol. The van der Waals surface area contributed by atoms with Gasteiger partial charge >= 0.3 is 6.03 Å². The molecule has 0 bridgehead atoms. The smallest absolute Gasteiger partial charge is 0.322 e. The van der Waals surface area contributed by atoms with E-state index in [4.69, 9.17) is 0 Å². The van der Waals surface area contributed by atoms with Crippen molar-refractivity contribution in [2.75, 3.05) is 24.7 Å². The summed E-state index contributed by atoms with van der Waals surface area (Å²) in [5.74, 6) is -0.608. The van der Waals surface area contributed by atoms with Crippen LogP contribution in [0.15, 0.2) is 23.1 Å². The summed E-state index contributed by atoms with van der Waals surface area (Å²) in [5.41, 5.74) is 0.310. The molecule has 7 heteroatoms. The predicted octanol–water partition coefficient (Wildman–Crippen LogP) is 1.55. The molecule has 0 unspecified atom stereocenters. The molecule has 2 atom stereocenters. The van der Waals surface area contributed by atoms with Crippen LogP contribution in [0.5, 0.6) is 0 Å². The van der Waals surface area contributed by atoms with Crippen LogP contribution in [0, 0.1) is 5.82 Å². The molecule has 1 fully saturated rings. The highest BCUT2D eigenvalue weighted by molar-refractivity contribution is 7.84. The van der Waals surface area contributed by atoms with Crippen LogP contribution < -0.4 is 5.32 Å². The van der Waals surface area contributed by atoms with E-state index < -0.39 is 16.6 Å². The summed E-state index contributed by atoms with van der Waals surface area (Å²) in [6.07, 6.45) is 3.01. The van der Waals surface area contributed by atoms with Crippen molar-refractivity contribution < 1.29 is 18.5 Å². The minimum Gasteiger partial charge on any atom is -0.394 e. The summed E-state index contributed by atoms with van der Waals surface area (Å²) in [4.78, 5) is 13.7. The number of amides is 2. The van der Waals surface area contributed by atoms with Gasteiger partial charge < -0.3 is 15.3 Å². The molecule has 110 valence electrons. The first-order valence-corrected chi connectivity index (χ1v) is 7.90. The van der Waals surface area contributed by atoms with Crippen LogP contribution in [0.2, 0.25) is 0 Å². The molecule has 1 aromatic rings. The fourth-order valence-corrected chi connectivity index (χ4v) is 2.89. The molecule has 0 aliphatic carbocycles. The SMILES string of the molecule is C[S@@](=O)c1ccc(NC(=O)N2CCC[C@@H]2CO)cc1F. The van der Waals surface area contributed by atoms with Crippen molar-refractivity contribution in [1.82, 2.24) is 4.90 Å². The lowest BCUT2D eigenvalue weighted by atomic mass is 10.2. The Hall–Kier alpha value is -1.47. The molecular weight excluding hydrogens is 283 g/mol. The summed E-state index contributed by atoms with van der Waals surface area (Å²) in [6.45, 7) is 0.506. The number of carbonyl (C=O) groups is 1. The minimum absolute atomic E-state index is 0.0739. The molecule has 0 radical (unpaired) electrons. The summed E-state index contributed by atoms with van der Waals surface area (Å²) in [6, 6.07) is 3.53. The number of rotatable bonds is 3. The van der Waals surface area contributed by atoms with Gasteiger partial charge in [-0.25, -0.2) is 9.18 Å².